The van der Waals surface area contributed by atoms with Crippen molar-refractivity contribution in [2.45, 2.75) is 39.3 Å². The maximum atomic E-state index is 11.1. The van der Waals surface area contributed by atoms with Gasteiger partial charge in [0.15, 0.2) is 6.23 Å². The molecule has 1 aromatic rings. The molecule has 1 aliphatic rings. The van der Waals surface area contributed by atoms with E-state index in [1.807, 2.05) is 30.0 Å². The topological polar surface area (TPSA) is 29.5 Å². The van der Waals surface area contributed by atoms with Crippen molar-refractivity contribution in [3.63, 3.8) is 0 Å². The maximum absolute atomic E-state index is 11.1. The Balaban J connectivity index is 2.44. The molecular weight excluding hydrogens is 226 g/mol. The third kappa shape index (κ3) is 1.80. The van der Waals surface area contributed by atoms with Crippen molar-refractivity contribution in [3.05, 3.63) is 42.1 Å². The molecule has 2 rings (SSSR count). The van der Waals surface area contributed by atoms with Crippen molar-refractivity contribution < 1.29 is 9.53 Å². The number of hydrogen-bond donors (Lipinski definition) is 0. The normalized spacial score (nSPS) is 18.4. The molecule has 1 unspecified atom stereocenters. The van der Waals surface area contributed by atoms with Crippen LogP contribution in [0.1, 0.15) is 33.3 Å². The van der Waals surface area contributed by atoms with Crippen LogP contribution >= 0.6 is 0 Å². The fourth-order valence-electron chi connectivity index (χ4n) is 2.52. The van der Waals surface area contributed by atoms with Gasteiger partial charge in [-0.05, 0) is 18.6 Å². The van der Waals surface area contributed by atoms with Crippen LogP contribution in [-0.2, 0) is 14.9 Å². The number of esters is 1. The van der Waals surface area contributed by atoms with Crippen LogP contribution in [0.3, 0.4) is 0 Å². The monoisotopic (exact) mass is 245 g/mol. The highest BCUT2D eigenvalue weighted by atomic mass is 16.6. The number of nitrogens with zero attached hydrogens (tertiary/aromatic N) is 1. The molecule has 96 valence electrons. The molecule has 1 heterocycles. The van der Waals surface area contributed by atoms with Crippen molar-refractivity contribution in [1.82, 2.24) is 0 Å². The lowest BCUT2D eigenvalue weighted by Crippen LogP contribution is -2.35. The van der Waals surface area contributed by atoms with Gasteiger partial charge in [-0.2, -0.15) is 0 Å². The molecular formula is C15H19NO2. The average Bonchev–Trinajstić information content (AvgIpc) is 2.47. The van der Waals surface area contributed by atoms with Crippen molar-refractivity contribution in [2.75, 3.05) is 4.90 Å². The predicted octanol–water partition coefficient (Wildman–Crippen LogP) is 3.21. The van der Waals surface area contributed by atoms with Crippen LogP contribution in [0.4, 0.5) is 5.69 Å². The zero-order chi connectivity index (χ0) is 13.5. The SMILES string of the molecule is C=C1N(C(C)OC(C)=O)c2ccccc2C1(C)C. The van der Waals surface area contributed by atoms with Crippen LogP contribution in [0.5, 0.6) is 0 Å². The number of rotatable bonds is 2. The number of hydrogen-bond acceptors (Lipinski definition) is 3. The molecule has 0 amide bonds. The molecule has 1 aliphatic heterocycles. The molecule has 18 heavy (non-hydrogen) atoms. The van der Waals surface area contributed by atoms with E-state index in [1.165, 1.54) is 12.5 Å². The molecule has 1 aromatic carbocycles. The highest BCUT2D eigenvalue weighted by molar-refractivity contribution is 5.72. The minimum absolute atomic E-state index is 0.134. The zero-order valence-corrected chi connectivity index (χ0v) is 11.4. The lowest BCUT2D eigenvalue weighted by atomic mass is 9.84. The van der Waals surface area contributed by atoms with Gasteiger partial charge in [-0.15, -0.1) is 0 Å². The maximum Gasteiger partial charge on any atom is 0.304 e. The third-order valence-corrected chi connectivity index (χ3v) is 3.55. The van der Waals surface area contributed by atoms with Gasteiger partial charge in [-0.3, -0.25) is 4.79 Å². The lowest BCUT2D eigenvalue weighted by molar-refractivity contribution is -0.145. The lowest BCUT2D eigenvalue weighted by Gasteiger charge is -2.30. The summed E-state index contributed by atoms with van der Waals surface area (Å²) in [5.74, 6) is -0.280. The van der Waals surface area contributed by atoms with Crippen LogP contribution in [0.15, 0.2) is 36.5 Å². The molecule has 0 N–H and O–H groups in total. The van der Waals surface area contributed by atoms with E-state index in [0.29, 0.717) is 0 Å². The highest BCUT2D eigenvalue weighted by Gasteiger charge is 2.41. The van der Waals surface area contributed by atoms with Gasteiger partial charge in [0.1, 0.15) is 0 Å². The van der Waals surface area contributed by atoms with Crippen LogP contribution in [0.25, 0.3) is 0 Å². The average molecular weight is 245 g/mol. The number of carbonyl (C=O) groups excluding carboxylic acids is 1. The molecule has 0 aromatic heterocycles. The van der Waals surface area contributed by atoms with Crippen molar-refractivity contribution in [1.29, 1.82) is 0 Å². The Hall–Kier alpha value is -1.77. The van der Waals surface area contributed by atoms with Crippen molar-refractivity contribution in [2.24, 2.45) is 0 Å². The first kappa shape index (κ1) is 12.7. The summed E-state index contributed by atoms with van der Waals surface area (Å²) in [5, 5.41) is 0. The molecule has 0 aliphatic carbocycles. The van der Waals surface area contributed by atoms with E-state index in [-0.39, 0.29) is 17.6 Å². The summed E-state index contributed by atoms with van der Waals surface area (Å²) in [6.07, 6.45) is -0.335. The summed E-state index contributed by atoms with van der Waals surface area (Å²) in [7, 11) is 0. The van der Waals surface area contributed by atoms with Gasteiger partial charge >= 0.3 is 5.97 Å². The quantitative estimate of drug-likeness (QED) is 0.749. The van der Waals surface area contributed by atoms with E-state index in [2.05, 4.69) is 26.5 Å². The number of para-hydroxylation sites is 1. The van der Waals surface area contributed by atoms with E-state index in [0.717, 1.165) is 11.4 Å². The summed E-state index contributed by atoms with van der Waals surface area (Å²) >= 11 is 0. The van der Waals surface area contributed by atoms with Gasteiger partial charge in [0.05, 0.1) is 0 Å². The molecule has 0 radical (unpaired) electrons. The molecule has 1 atom stereocenters. The Labute approximate surface area is 108 Å². The number of allylic oxidation sites excluding steroid dienone is 1. The summed E-state index contributed by atoms with van der Waals surface area (Å²) < 4.78 is 5.28. The van der Waals surface area contributed by atoms with Gasteiger partial charge < -0.3 is 9.64 Å². The molecule has 0 bridgehead atoms. The third-order valence-electron chi connectivity index (χ3n) is 3.55. The summed E-state index contributed by atoms with van der Waals surface area (Å²) in [4.78, 5) is 13.1. The molecule has 0 fully saturated rings. The van der Waals surface area contributed by atoms with Gasteiger partial charge in [-0.25, -0.2) is 0 Å². The van der Waals surface area contributed by atoms with E-state index in [4.69, 9.17) is 4.74 Å². The Bertz CT molecular complexity index is 505. The summed E-state index contributed by atoms with van der Waals surface area (Å²) in [6.45, 7) is 11.7. The molecule has 0 saturated heterocycles. The van der Waals surface area contributed by atoms with Gasteiger partial charge in [-0.1, -0.05) is 38.6 Å². The largest absolute Gasteiger partial charge is 0.442 e. The van der Waals surface area contributed by atoms with Crippen molar-refractivity contribution >= 4 is 11.7 Å². The Morgan fingerprint density at radius 2 is 2.00 bits per heavy atom. The van der Waals surface area contributed by atoms with E-state index >= 15 is 0 Å². The minimum Gasteiger partial charge on any atom is -0.442 e. The van der Waals surface area contributed by atoms with E-state index in [9.17, 15) is 4.79 Å². The number of carbonyl (C=O) groups is 1. The second-order valence-corrected chi connectivity index (χ2v) is 5.17. The molecule has 0 spiro atoms. The first-order chi connectivity index (χ1) is 8.35. The fraction of sp³-hybridized carbons (Fsp3) is 0.400. The standard InChI is InChI=1S/C15H19NO2/c1-10-15(4,5)13-8-6-7-9-14(13)16(10)11(2)18-12(3)17/h6-9,11H,1H2,2-5H3. The fourth-order valence-corrected chi connectivity index (χ4v) is 2.52. The second kappa shape index (κ2) is 4.16. The highest BCUT2D eigenvalue weighted by Crippen LogP contribution is 2.47. The minimum atomic E-state index is -0.335. The number of fused-ring (bicyclic) bond motifs is 1. The predicted molar refractivity (Wildman–Crippen MR) is 72.3 cm³/mol. The molecule has 3 nitrogen and oxygen atoms in total. The van der Waals surface area contributed by atoms with Gasteiger partial charge in [0.25, 0.3) is 0 Å². The van der Waals surface area contributed by atoms with Crippen LogP contribution in [0, 0.1) is 0 Å². The van der Waals surface area contributed by atoms with Gasteiger partial charge in [0.2, 0.25) is 0 Å². The number of anilines is 1. The van der Waals surface area contributed by atoms with Gasteiger partial charge in [0, 0.05) is 23.7 Å². The van der Waals surface area contributed by atoms with E-state index in [1.54, 1.807) is 0 Å². The second-order valence-electron chi connectivity index (χ2n) is 5.17. The first-order valence-electron chi connectivity index (χ1n) is 6.11. The molecule has 3 heteroatoms. The Morgan fingerprint density at radius 1 is 1.39 bits per heavy atom. The number of benzene rings is 1. The van der Waals surface area contributed by atoms with Crippen LogP contribution < -0.4 is 4.90 Å². The summed E-state index contributed by atoms with van der Waals surface area (Å²) in [6, 6.07) is 8.14. The first-order valence-corrected chi connectivity index (χ1v) is 6.11. The van der Waals surface area contributed by atoms with E-state index < -0.39 is 0 Å². The van der Waals surface area contributed by atoms with Crippen LogP contribution in [0.2, 0.25) is 0 Å². The van der Waals surface area contributed by atoms with Crippen molar-refractivity contribution in [3.8, 4) is 0 Å². The summed E-state index contributed by atoms with van der Waals surface area (Å²) in [5.41, 5.74) is 3.11. The Kier molecular flexibility index (Phi) is 2.93. The Morgan fingerprint density at radius 3 is 2.61 bits per heavy atom. The zero-order valence-electron chi connectivity index (χ0n) is 11.4. The molecule has 0 saturated carbocycles. The number of ether oxygens (including phenoxy) is 1. The smallest absolute Gasteiger partial charge is 0.304 e. The van der Waals surface area contributed by atoms with Crippen LogP contribution in [-0.4, -0.2) is 12.2 Å².